The van der Waals surface area contributed by atoms with Crippen molar-refractivity contribution in [2.45, 2.75) is 82.8 Å². The predicted molar refractivity (Wildman–Crippen MR) is 138 cm³/mol. The molecule has 1 aliphatic carbocycles. The average molecular weight is 481 g/mol. The summed E-state index contributed by atoms with van der Waals surface area (Å²) in [7, 11) is 1.65. The molecule has 1 unspecified atom stereocenters. The van der Waals surface area contributed by atoms with Crippen molar-refractivity contribution in [2.24, 2.45) is 0 Å². The number of aromatic nitrogens is 1. The van der Waals surface area contributed by atoms with Gasteiger partial charge in [-0.25, -0.2) is 0 Å². The Morgan fingerprint density at radius 3 is 2.46 bits per heavy atom. The molecule has 35 heavy (non-hydrogen) atoms. The van der Waals surface area contributed by atoms with Gasteiger partial charge in [0.1, 0.15) is 17.0 Å². The summed E-state index contributed by atoms with van der Waals surface area (Å²) < 4.78 is 7.48. The van der Waals surface area contributed by atoms with Crippen molar-refractivity contribution in [2.75, 3.05) is 33.3 Å². The first-order valence-electron chi connectivity index (χ1n) is 13.5. The van der Waals surface area contributed by atoms with E-state index in [0.29, 0.717) is 18.8 Å². The summed E-state index contributed by atoms with van der Waals surface area (Å²) in [5, 5.41) is 4.34. The average Bonchev–Trinajstić information content (AvgIpc) is 3.03. The lowest BCUT2D eigenvalue weighted by Crippen LogP contribution is -2.65. The van der Waals surface area contributed by atoms with Crippen molar-refractivity contribution < 1.29 is 14.3 Å². The minimum absolute atomic E-state index is 0.0241. The van der Waals surface area contributed by atoms with E-state index in [0.717, 1.165) is 62.0 Å². The molecule has 3 heterocycles. The maximum atomic E-state index is 14.0. The molecule has 0 spiro atoms. The predicted octanol–water partition coefficient (Wildman–Crippen LogP) is 4.19. The minimum atomic E-state index is -0.942. The summed E-state index contributed by atoms with van der Waals surface area (Å²) in [6.45, 7) is 5.94. The van der Waals surface area contributed by atoms with Gasteiger partial charge in [0, 0.05) is 30.6 Å². The molecular formula is C28H40N4O3. The van der Waals surface area contributed by atoms with E-state index in [9.17, 15) is 9.59 Å². The number of methoxy groups -OCH3 is 1. The summed E-state index contributed by atoms with van der Waals surface area (Å²) in [6.07, 6.45) is 10.6. The van der Waals surface area contributed by atoms with Gasteiger partial charge in [-0.1, -0.05) is 32.1 Å². The number of carbonyl (C=O) groups is 2. The molecule has 7 heteroatoms. The minimum Gasteiger partial charge on any atom is -0.497 e. The van der Waals surface area contributed by atoms with Crippen LogP contribution < -0.4 is 10.1 Å². The number of amides is 2. The zero-order valence-electron chi connectivity index (χ0n) is 21.4. The number of ether oxygens (including phenoxy) is 1. The maximum Gasteiger partial charge on any atom is 0.271 e. The number of nitrogens with one attached hydrogen (secondary N) is 1. The van der Waals surface area contributed by atoms with Crippen molar-refractivity contribution in [3.63, 3.8) is 0 Å². The summed E-state index contributed by atoms with van der Waals surface area (Å²) in [5.41, 5.74) is 0.659. The van der Waals surface area contributed by atoms with Gasteiger partial charge >= 0.3 is 0 Å². The number of hydrogen-bond donors (Lipinski definition) is 1. The van der Waals surface area contributed by atoms with Crippen molar-refractivity contribution in [3.8, 4) is 5.75 Å². The molecule has 1 atom stereocenters. The Hall–Kier alpha value is -2.54. The topological polar surface area (TPSA) is 66.8 Å². The molecule has 2 aliphatic heterocycles. The van der Waals surface area contributed by atoms with Crippen LogP contribution in [0.1, 0.15) is 75.2 Å². The van der Waals surface area contributed by atoms with Gasteiger partial charge in [-0.3, -0.25) is 9.59 Å². The van der Waals surface area contributed by atoms with E-state index in [1.54, 1.807) is 7.11 Å². The molecule has 3 aliphatic rings. The van der Waals surface area contributed by atoms with Crippen molar-refractivity contribution in [3.05, 3.63) is 30.0 Å². The zero-order valence-corrected chi connectivity index (χ0v) is 21.4. The second kappa shape index (κ2) is 10.2. The Balaban J connectivity index is 1.46. The lowest BCUT2D eigenvalue weighted by Gasteiger charge is -2.45. The SMILES string of the molecule is COc1ccc2cc3n(c2c1)CC(C)(C(=O)NC1CCCCC1)N(CCN1CCCCCC1)C3=O. The van der Waals surface area contributed by atoms with Crippen molar-refractivity contribution >= 4 is 22.7 Å². The molecule has 5 rings (SSSR count). The van der Waals surface area contributed by atoms with Gasteiger partial charge in [0.05, 0.1) is 19.2 Å². The summed E-state index contributed by atoms with van der Waals surface area (Å²) in [4.78, 5) is 32.2. The maximum absolute atomic E-state index is 14.0. The van der Waals surface area contributed by atoms with Gasteiger partial charge < -0.3 is 24.4 Å². The molecule has 2 amide bonds. The van der Waals surface area contributed by atoms with Gasteiger partial charge in [-0.2, -0.15) is 0 Å². The van der Waals surface area contributed by atoms with Gasteiger partial charge in [-0.15, -0.1) is 0 Å². The second-order valence-corrected chi connectivity index (χ2v) is 10.8. The van der Waals surface area contributed by atoms with Gasteiger partial charge in [0.25, 0.3) is 5.91 Å². The third-order valence-corrected chi connectivity index (χ3v) is 8.41. The lowest BCUT2D eigenvalue weighted by molar-refractivity contribution is -0.133. The fourth-order valence-corrected chi connectivity index (χ4v) is 6.20. The Labute approximate surface area is 208 Å². The van der Waals surface area contributed by atoms with E-state index < -0.39 is 5.54 Å². The van der Waals surface area contributed by atoms with Gasteiger partial charge in [0.15, 0.2) is 0 Å². The Bertz CT molecular complexity index is 1070. The number of likely N-dealkylation sites (tertiary alicyclic amines) is 1. The summed E-state index contributed by atoms with van der Waals surface area (Å²) >= 11 is 0. The van der Waals surface area contributed by atoms with E-state index in [4.69, 9.17) is 4.74 Å². The Kier molecular flexibility index (Phi) is 7.05. The molecule has 0 radical (unpaired) electrons. The van der Waals surface area contributed by atoms with Crippen LogP contribution in [0.3, 0.4) is 0 Å². The number of fused-ring (bicyclic) bond motifs is 3. The molecule has 7 nitrogen and oxygen atoms in total. The third-order valence-electron chi connectivity index (χ3n) is 8.41. The molecule has 1 saturated heterocycles. The molecule has 2 aromatic rings. The van der Waals surface area contributed by atoms with Crippen LogP contribution in [0.25, 0.3) is 10.9 Å². The lowest BCUT2D eigenvalue weighted by atomic mass is 9.91. The molecule has 190 valence electrons. The van der Waals surface area contributed by atoms with E-state index in [-0.39, 0.29) is 17.9 Å². The van der Waals surface area contributed by atoms with Crippen LogP contribution in [0, 0.1) is 0 Å². The first-order chi connectivity index (χ1) is 17.0. The standard InChI is InChI=1S/C28H40N4O3/c1-28(27(34)29-22-10-6-5-7-11-22)20-31-24-19-23(35-2)13-12-21(24)18-25(31)26(33)32(28)17-16-30-14-8-3-4-9-15-30/h12-13,18-19,22H,3-11,14-17,20H2,1-2H3,(H,29,34). The first kappa shape index (κ1) is 24.2. The van der Waals surface area contributed by atoms with Crippen LogP contribution in [-0.4, -0.2) is 71.1 Å². The van der Waals surface area contributed by atoms with Gasteiger partial charge in [0.2, 0.25) is 5.91 Å². The number of benzene rings is 1. The number of carbonyl (C=O) groups excluding carboxylic acids is 2. The fraction of sp³-hybridized carbons (Fsp3) is 0.643. The highest BCUT2D eigenvalue weighted by Gasteiger charge is 2.48. The molecule has 1 saturated carbocycles. The normalized spacial score (nSPS) is 24.3. The smallest absolute Gasteiger partial charge is 0.271 e. The Morgan fingerprint density at radius 2 is 1.74 bits per heavy atom. The fourth-order valence-electron chi connectivity index (χ4n) is 6.20. The van der Waals surface area contributed by atoms with E-state index in [1.165, 1.54) is 32.1 Å². The van der Waals surface area contributed by atoms with E-state index in [1.807, 2.05) is 40.7 Å². The quantitative estimate of drug-likeness (QED) is 0.673. The third kappa shape index (κ3) is 4.80. The highest BCUT2D eigenvalue weighted by Crippen LogP contribution is 2.34. The van der Waals surface area contributed by atoms with E-state index >= 15 is 0 Å². The van der Waals surface area contributed by atoms with Crippen LogP contribution in [0.15, 0.2) is 24.3 Å². The summed E-state index contributed by atoms with van der Waals surface area (Å²) in [6, 6.07) is 8.06. The Morgan fingerprint density at radius 1 is 1.03 bits per heavy atom. The summed E-state index contributed by atoms with van der Waals surface area (Å²) in [5.74, 6) is 0.675. The molecule has 1 N–H and O–H groups in total. The molecule has 1 aromatic carbocycles. The second-order valence-electron chi connectivity index (χ2n) is 10.8. The van der Waals surface area contributed by atoms with Crippen LogP contribution in [0.5, 0.6) is 5.75 Å². The van der Waals surface area contributed by atoms with E-state index in [2.05, 4.69) is 10.2 Å². The molecular weight excluding hydrogens is 440 g/mol. The molecule has 0 bridgehead atoms. The number of nitrogens with zero attached hydrogens (tertiary/aromatic N) is 3. The van der Waals surface area contributed by atoms with Crippen molar-refractivity contribution in [1.82, 2.24) is 19.7 Å². The highest BCUT2D eigenvalue weighted by atomic mass is 16.5. The zero-order chi connectivity index (χ0) is 24.4. The number of hydrogen-bond acceptors (Lipinski definition) is 4. The highest BCUT2D eigenvalue weighted by molar-refractivity contribution is 6.03. The first-order valence-corrected chi connectivity index (χ1v) is 13.5. The van der Waals surface area contributed by atoms with Crippen LogP contribution in [-0.2, 0) is 11.3 Å². The van der Waals surface area contributed by atoms with Crippen LogP contribution >= 0.6 is 0 Å². The monoisotopic (exact) mass is 480 g/mol. The molecule has 2 fully saturated rings. The number of rotatable bonds is 6. The molecule has 1 aromatic heterocycles. The van der Waals surface area contributed by atoms with Crippen LogP contribution in [0.2, 0.25) is 0 Å². The van der Waals surface area contributed by atoms with Crippen molar-refractivity contribution in [1.29, 1.82) is 0 Å². The largest absolute Gasteiger partial charge is 0.497 e. The van der Waals surface area contributed by atoms with Gasteiger partial charge in [-0.05, 0) is 63.9 Å². The van der Waals surface area contributed by atoms with Crippen LogP contribution in [0.4, 0.5) is 0 Å².